The van der Waals surface area contributed by atoms with Gasteiger partial charge >= 0.3 is 0 Å². The van der Waals surface area contributed by atoms with Crippen LogP contribution >= 0.6 is 15.9 Å². The molecule has 0 heterocycles. The SMILES string of the molecule is CCNC(=O)[C@@H](C)N(Cc1cccc(Br)c1)C(=O)CN(c1cc(C)ccc1OC)S(C)(=O)=O. The minimum absolute atomic E-state index is 0.138. The normalized spacial score (nSPS) is 12.1. The number of nitrogens with zero attached hydrogens (tertiary/aromatic N) is 2. The van der Waals surface area contributed by atoms with Crippen molar-refractivity contribution in [3.8, 4) is 5.75 Å². The second-order valence-corrected chi connectivity index (χ2v) is 10.5. The minimum atomic E-state index is -3.83. The number of sulfonamides is 1. The Morgan fingerprint density at radius 1 is 1.18 bits per heavy atom. The number of nitrogens with one attached hydrogen (secondary N) is 1. The number of benzene rings is 2. The summed E-state index contributed by atoms with van der Waals surface area (Å²) in [5.41, 5.74) is 1.88. The van der Waals surface area contributed by atoms with Crippen LogP contribution in [0.3, 0.4) is 0 Å². The Bertz CT molecular complexity index is 1110. The molecule has 0 aliphatic rings. The van der Waals surface area contributed by atoms with E-state index in [0.29, 0.717) is 12.3 Å². The Morgan fingerprint density at radius 3 is 2.45 bits per heavy atom. The van der Waals surface area contributed by atoms with Crippen molar-refractivity contribution >= 4 is 43.5 Å². The Hall–Kier alpha value is -2.59. The molecule has 8 nitrogen and oxygen atoms in total. The number of anilines is 1. The van der Waals surface area contributed by atoms with Crippen LogP contribution in [0.5, 0.6) is 5.75 Å². The standard InChI is InChI=1S/C23H30BrN3O5S/c1-6-25-23(29)17(3)26(14-18-8-7-9-19(24)13-18)22(28)15-27(33(5,30)31)20-12-16(2)10-11-21(20)32-4/h7-13,17H,6,14-15H2,1-5H3,(H,25,29)/t17-/m1/s1. The lowest BCUT2D eigenvalue weighted by Crippen LogP contribution is -2.51. The predicted molar refractivity (Wildman–Crippen MR) is 133 cm³/mol. The molecule has 10 heteroatoms. The van der Waals surface area contributed by atoms with E-state index in [9.17, 15) is 18.0 Å². The summed E-state index contributed by atoms with van der Waals surface area (Å²) in [4.78, 5) is 27.4. The summed E-state index contributed by atoms with van der Waals surface area (Å²) in [6.07, 6.45) is 1.04. The van der Waals surface area contributed by atoms with E-state index >= 15 is 0 Å². The minimum Gasteiger partial charge on any atom is -0.495 e. The summed E-state index contributed by atoms with van der Waals surface area (Å²) in [6, 6.07) is 11.7. The quantitative estimate of drug-likeness (QED) is 0.500. The van der Waals surface area contributed by atoms with Crippen molar-refractivity contribution in [2.45, 2.75) is 33.4 Å². The van der Waals surface area contributed by atoms with Crippen LogP contribution in [0.1, 0.15) is 25.0 Å². The lowest BCUT2D eigenvalue weighted by molar-refractivity contribution is -0.139. The van der Waals surface area contributed by atoms with Crippen LogP contribution in [-0.4, -0.2) is 57.6 Å². The number of aryl methyl sites for hydroxylation is 1. The molecule has 2 aromatic rings. The van der Waals surface area contributed by atoms with Gasteiger partial charge in [-0.2, -0.15) is 0 Å². The molecule has 0 aromatic heterocycles. The Labute approximate surface area is 204 Å². The van der Waals surface area contributed by atoms with Gasteiger partial charge < -0.3 is 15.0 Å². The summed E-state index contributed by atoms with van der Waals surface area (Å²) in [5, 5.41) is 2.72. The molecule has 0 unspecified atom stereocenters. The molecular formula is C23H30BrN3O5S. The second-order valence-electron chi connectivity index (χ2n) is 7.67. The van der Waals surface area contributed by atoms with E-state index < -0.39 is 28.5 Å². The van der Waals surface area contributed by atoms with E-state index in [0.717, 1.165) is 26.2 Å². The highest BCUT2D eigenvalue weighted by Gasteiger charge is 2.31. The van der Waals surface area contributed by atoms with Gasteiger partial charge in [0.25, 0.3) is 0 Å². The fourth-order valence-corrected chi connectivity index (χ4v) is 4.62. The third-order valence-electron chi connectivity index (χ3n) is 5.04. The van der Waals surface area contributed by atoms with Crippen LogP contribution in [0.4, 0.5) is 5.69 Å². The third-order valence-corrected chi connectivity index (χ3v) is 6.66. The van der Waals surface area contributed by atoms with Gasteiger partial charge in [0, 0.05) is 17.6 Å². The Balaban J connectivity index is 2.46. The van der Waals surface area contributed by atoms with Gasteiger partial charge in [0.05, 0.1) is 19.1 Å². The van der Waals surface area contributed by atoms with E-state index in [1.165, 1.54) is 12.0 Å². The van der Waals surface area contributed by atoms with Crippen molar-refractivity contribution in [3.05, 3.63) is 58.1 Å². The molecular weight excluding hydrogens is 510 g/mol. The molecule has 2 rings (SSSR count). The molecule has 0 aliphatic carbocycles. The number of rotatable bonds is 10. The molecule has 2 aromatic carbocycles. The number of halogens is 1. The number of carbonyl (C=O) groups excluding carboxylic acids is 2. The molecule has 33 heavy (non-hydrogen) atoms. The highest BCUT2D eigenvalue weighted by Crippen LogP contribution is 2.31. The summed E-state index contributed by atoms with van der Waals surface area (Å²) in [5.74, 6) is -0.503. The average Bonchev–Trinajstić information content (AvgIpc) is 2.74. The number of hydrogen-bond acceptors (Lipinski definition) is 5. The number of amides is 2. The first-order valence-electron chi connectivity index (χ1n) is 10.4. The number of ether oxygens (including phenoxy) is 1. The molecule has 1 N–H and O–H groups in total. The van der Waals surface area contributed by atoms with Gasteiger partial charge in [-0.3, -0.25) is 13.9 Å². The first-order valence-corrected chi connectivity index (χ1v) is 13.1. The van der Waals surface area contributed by atoms with E-state index in [-0.39, 0.29) is 18.1 Å². The Kier molecular flexibility index (Phi) is 9.30. The monoisotopic (exact) mass is 539 g/mol. The fourth-order valence-electron chi connectivity index (χ4n) is 3.33. The molecule has 0 radical (unpaired) electrons. The van der Waals surface area contributed by atoms with Gasteiger partial charge in [0.1, 0.15) is 18.3 Å². The van der Waals surface area contributed by atoms with Crippen LogP contribution in [0.2, 0.25) is 0 Å². The van der Waals surface area contributed by atoms with Crippen LogP contribution < -0.4 is 14.4 Å². The van der Waals surface area contributed by atoms with Crippen LogP contribution in [0, 0.1) is 6.92 Å². The first kappa shape index (κ1) is 26.7. The van der Waals surface area contributed by atoms with E-state index in [1.807, 2.05) is 31.2 Å². The summed E-state index contributed by atoms with van der Waals surface area (Å²) < 4.78 is 32.6. The maximum Gasteiger partial charge on any atom is 0.244 e. The zero-order chi connectivity index (χ0) is 24.8. The summed E-state index contributed by atoms with van der Waals surface area (Å²) >= 11 is 3.42. The molecule has 2 amide bonds. The largest absolute Gasteiger partial charge is 0.495 e. The molecule has 0 aliphatic heterocycles. The van der Waals surface area contributed by atoms with Crippen LogP contribution in [0.25, 0.3) is 0 Å². The van der Waals surface area contributed by atoms with Gasteiger partial charge in [-0.1, -0.05) is 34.1 Å². The zero-order valence-electron chi connectivity index (χ0n) is 19.5. The van der Waals surface area contributed by atoms with Crippen molar-refractivity contribution in [1.82, 2.24) is 10.2 Å². The van der Waals surface area contributed by atoms with Crippen LogP contribution in [-0.2, 0) is 26.2 Å². The van der Waals surface area contributed by atoms with E-state index in [4.69, 9.17) is 4.74 Å². The molecule has 1 atom stereocenters. The smallest absolute Gasteiger partial charge is 0.244 e. The predicted octanol–water partition coefficient (Wildman–Crippen LogP) is 3.09. The maximum atomic E-state index is 13.5. The van der Waals surface area contributed by atoms with Crippen molar-refractivity contribution in [2.75, 3.05) is 30.8 Å². The highest BCUT2D eigenvalue weighted by molar-refractivity contribution is 9.10. The van der Waals surface area contributed by atoms with Crippen molar-refractivity contribution in [3.63, 3.8) is 0 Å². The van der Waals surface area contributed by atoms with Crippen molar-refractivity contribution in [1.29, 1.82) is 0 Å². The topological polar surface area (TPSA) is 96.0 Å². The van der Waals surface area contributed by atoms with Gasteiger partial charge in [0.2, 0.25) is 21.8 Å². The number of methoxy groups -OCH3 is 1. The zero-order valence-corrected chi connectivity index (χ0v) is 21.9. The maximum absolute atomic E-state index is 13.5. The number of carbonyl (C=O) groups is 2. The second kappa shape index (κ2) is 11.5. The molecule has 0 spiro atoms. The third kappa shape index (κ3) is 7.20. The van der Waals surface area contributed by atoms with Gasteiger partial charge in [-0.25, -0.2) is 8.42 Å². The van der Waals surface area contributed by atoms with Gasteiger partial charge in [-0.05, 0) is 56.2 Å². The van der Waals surface area contributed by atoms with Crippen molar-refractivity contribution in [2.24, 2.45) is 0 Å². The summed E-state index contributed by atoms with van der Waals surface area (Å²) in [7, 11) is -2.40. The Morgan fingerprint density at radius 2 is 1.88 bits per heavy atom. The fraction of sp³-hybridized carbons (Fsp3) is 0.391. The average molecular weight is 540 g/mol. The molecule has 0 fully saturated rings. The lowest BCUT2D eigenvalue weighted by Gasteiger charge is -2.32. The molecule has 0 saturated heterocycles. The van der Waals surface area contributed by atoms with Crippen molar-refractivity contribution < 1.29 is 22.7 Å². The molecule has 0 bridgehead atoms. The lowest BCUT2D eigenvalue weighted by atomic mass is 10.1. The van der Waals surface area contributed by atoms with Gasteiger partial charge in [-0.15, -0.1) is 0 Å². The number of likely N-dealkylation sites (N-methyl/N-ethyl adjacent to an activating group) is 1. The molecule has 0 saturated carbocycles. The van der Waals surface area contributed by atoms with E-state index in [2.05, 4.69) is 21.2 Å². The highest BCUT2D eigenvalue weighted by atomic mass is 79.9. The van der Waals surface area contributed by atoms with Crippen LogP contribution in [0.15, 0.2) is 46.9 Å². The van der Waals surface area contributed by atoms with E-state index in [1.54, 1.807) is 32.0 Å². The summed E-state index contributed by atoms with van der Waals surface area (Å²) in [6.45, 7) is 5.31. The van der Waals surface area contributed by atoms with Gasteiger partial charge in [0.15, 0.2) is 0 Å². The first-order chi connectivity index (χ1) is 15.5. The number of hydrogen-bond donors (Lipinski definition) is 1. The molecule has 180 valence electrons.